The summed E-state index contributed by atoms with van der Waals surface area (Å²) < 4.78 is 6.34. The van der Waals surface area contributed by atoms with Gasteiger partial charge in [-0.2, -0.15) is 0 Å². The van der Waals surface area contributed by atoms with E-state index in [1.165, 1.54) is 0 Å². The fraction of sp³-hybridized carbons (Fsp3) is 0.304. The van der Waals surface area contributed by atoms with Crippen molar-refractivity contribution in [2.75, 3.05) is 18.4 Å². The number of anilines is 1. The highest BCUT2D eigenvalue weighted by molar-refractivity contribution is 9.10. The third kappa shape index (κ3) is 4.21. The maximum atomic E-state index is 12.9. The van der Waals surface area contributed by atoms with Crippen LogP contribution in [-0.4, -0.2) is 41.6 Å². The average molecular weight is 470 g/mol. The van der Waals surface area contributed by atoms with Gasteiger partial charge in [-0.3, -0.25) is 4.79 Å². The Morgan fingerprint density at radius 1 is 1.17 bits per heavy atom. The number of amides is 2. The van der Waals surface area contributed by atoms with Gasteiger partial charge in [0.1, 0.15) is 5.60 Å². The van der Waals surface area contributed by atoms with E-state index in [4.69, 9.17) is 4.74 Å². The standard InChI is InChI=1S/C23H24BrN3O3/c1-23(2,3)30-22(29)27-12-16(13-27)25-20(14-7-5-4-6-8-14)19-17-11-15(24)9-10-18(17)26-21(19)28/h4-11,16,25H,12-13H2,1-3H3,(H,26,28)/b20-19-. The van der Waals surface area contributed by atoms with E-state index in [2.05, 4.69) is 26.6 Å². The lowest BCUT2D eigenvalue weighted by Crippen LogP contribution is -2.60. The van der Waals surface area contributed by atoms with E-state index >= 15 is 0 Å². The first-order valence-electron chi connectivity index (χ1n) is 9.87. The van der Waals surface area contributed by atoms with Gasteiger partial charge in [0.15, 0.2) is 0 Å². The molecule has 0 saturated carbocycles. The molecule has 0 radical (unpaired) electrons. The minimum atomic E-state index is -0.522. The molecule has 2 aromatic carbocycles. The van der Waals surface area contributed by atoms with Crippen molar-refractivity contribution in [2.45, 2.75) is 32.4 Å². The van der Waals surface area contributed by atoms with E-state index in [1.807, 2.05) is 69.3 Å². The maximum Gasteiger partial charge on any atom is 0.410 e. The molecular weight excluding hydrogens is 446 g/mol. The van der Waals surface area contributed by atoms with Crippen LogP contribution in [0.4, 0.5) is 10.5 Å². The summed E-state index contributed by atoms with van der Waals surface area (Å²) in [5.74, 6) is -0.141. The molecule has 0 bridgehead atoms. The van der Waals surface area contributed by atoms with Crippen LogP contribution in [0.5, 0.6) is 0 Å². The number of likely N-dealkylation sites (tertiary alicyclic amines) is 1. The number of fused-ring (bicyclic) bond motifs is 1. The lowest BCUT2D eigenvalue weighted by molar-refractivity contribution is -0.110. The van der Waals surface area contributed by atoms with Crippen LogP contribution in [0, 0.1) is 0 Å². The summed E-state index contributed by atoms with van der Waals surface area (Å²) in [6.45, 7) is 6.60. The Bertz CT molecular complexity index is 1020. The first-order chi connectivity index (χ1) is 14.2. The zero-order valence-corrected chi connectivity index (χ0v) is 18.7. The number of halogens is 1. The van der Waals surface area contributed by atoms with Crippen LogP contribution in [-0.2, 0) is 9.53 Å². The second-order valence-corrected chi connectivity index (χ2v) is 9.40. The van der Waals surface area contributed by atoms with Crippen molar-refractivity contribution in [3.8, 4) is 0 Å². The molecule has 156 valence electrons. The number of benzene rings is 2. The molecule has 30 heavy (non-hydrogen) atoms. The predicted molar refractivity (Wildman–Crippen MR) is 121 cm³/mol. The van der Waals surface area contributed by atoms with Gasteiger partial charge in [0.25, 0.3) is 5.91 Å². The Morgan fingerprint density at radius 3 is 2.53 bits per heavy atom. The number of ether oxygens (including phenoxy) is 1. The number of carbonyl (C=O) groups is 2. The van der Waals surface area contributed by atoms with Crippen LogP contribution in [0.2, 0.25) is 0 Å². The molecule has 2 aliphatic rings. The minimum absolute atomic E-state index is 0.0317. The van der Waals surface area contributed by atoms with Gasteiger partial charge in [0.05, 0.1) is 17.3 Å². The molecule has 1 fully saturated rings. The van der Waals surface area contributed by atoms with Crippen LogP contribution in [0.3, 0.4) is 0 Å². The highest BCUT2D eigenvalue weighted by Gasteiger charge is 2.36. The quantitative estimate of drug-likeness (QED) is 0.650. The first-order valence-corrected chi connectivity index (χ1v) is 10.7. The molecule has 2 amide bonds. The van der Waals surface area contributed by atoms with Crippen molar-refractivity contribution in [3.63, 3.8) is 0 Å². The number of hydrogen-bond acceptors (Lipinski definition) is 4. The van der Waals surface area contributed by atoms with Crippen LogP contribution >= 0.6 is 15.9 Å². The topological polar surface area (TPSA) is 70.7 Å². The zero-order chi connectivity index (χ0) is 21.5. The van der Waals surface area contributed by atoms with E-state index in [0.29, 0.717) is 18.7 Å². The molecule has 0 unspecified atom stereocenters. The lowest BCUT2D eigenvalue weighted by atomic mass is 9.98. The van der Waals surface area contributed by atoms with Crippen molar-refractivity contribution >= 4 is 44.9 Å². The molecule has 2 aromatic rings. The van der Waals surface area contributed by atoms with Crippen molar-refractivity contribution in [1.82, 2.24) is 10.2 Å². The van der Waals surface area contributed by atoms with E-state index in [1.54, 1.807) is 4.90 Å². The van der Waals surface area contributed by atoms with Gasteiger partial charge in [-0.25, -0.2) is 4.79 Å². The monoisotopic (exact) mass is 469 g/mol. The largest absolute Gasteiger partial charge is 0.444 e. The summed E-state index contributed by atoms with van der Waals surface area (Å²) in [5.41, 5.74) is 3.41. The zero-order valence-electron chi connectivity index (χ0n) is 17.2. The molecule has 7 heteroatoms. The fourth-order valence-electron chi connectivity index (χ4n) is 3.54. The van der Waals surface area contributed by atoms with Crippen LogP contribution in [0.25, 0.3) is 11.3 Å². The fourth-order valence-corrected chi connectivity index (χ4v) is 3.90. The number of hydrogen-bond donors (Lipinski definition) is 2. The molecule has 2 N–H and O–H groups in total. The van der Waals surface area contributed by atoms with E-state index < -0.39 is 5.60 Å². The highest BCUT2D eigenvalue weighted by Crippen LogP contribution is 2.38. The van der Waals surface area contributed by atoms with Crippen LogP contribution in [0.1, 0.15) is 31.9 Å². The molecule has 6 nitrogen and oxygen atoms in total. The summed E-state index contributed by atoms with van der Waals surface area (Å²) in [6.07, 6.45) is -0.317. The molecule has 0 atom stereocenters. The van der Waals surface area contributed by atoms with Gasteiger partial charge in [-0.05, 0) is 44.5 Å². The Kier molecular flexibility index (Phi) is 5.32. The highest BCUT2D eigenvalue weighted by atomic mass is 79.9. The second-order valence-electron chi connectivity index (χ2n) is 8.49. The van der Waals surface area contributed by atoms with Gasteiger partial charge in [-0.15, -0.1) is 0 Å². The Hall–Kier alpha value is -2.80. The van der Waals surface area contributed by atoms with Crippen molar-refractivity contribution in [3.05, 3.63) is 64.1 Å². The van der Waals surface area contributed by atoms with Gasteiger partial charge in [0, 0.05) is 28.8 Å². The summed E-state index contributed by atoms with van der Waals surface area (Å²) in [4.78, 5) is 26.8. The number of rotatable bonds is 3. The molecule has 0 aromatic heterocycles. The summed E-state index contributed by atoms with van der Waals surface area (Å²) >= 11 is 3.50. The normalized spacial score (nSPS) is 17.7. The molecule has 2 aliphatic heterocycles. The smallest absolute Gasteiger partial charge is 0.410 e. The Labute approximate surface area is 184 Å². The molecular formula is C23H24BrN3O3. The Morgan fingerprint density at radius 2 is 1.87 bits per heavy atom. The molecule has 1 saturated heterocycles. The van der Waals surface area contributed by atoms with Crippen LogP contribution < -0.4 is 10.6 Å². The van der Waals surface area contributed by atoms with E-state index in [-0.39, 0.29) is 18.0 Å². The predicted octanol–water partition coefficient (Wildman–Crippen LogP) is 4.48. The number of nitrogens with one attached hydrogen (secondary N) is 2. The third-order valence-corrected chi connectivity index (χ3v) is 5.41. The van der Waals surface area contributed by atoms with Gasteiger partial charge < -0.3 is 20.3 Å². The molecule has 2 heterocycles. The van der Waals surface area contributed by atoms with Crippen LogP contribution in [0.15, 0.2) is 53.0 Å². The van der Waals surface area contributed by atoms with Gasteiger partial charge in [0.2, 0.25) is 0 Å². The Balaban J connectivity index is 1.62. The second kappa shape index (κ2) is 7.80. The third-order valence-electron chi connectivity index (χ3n) is 4.92. The van der Waals surface area contributed by atoms with Crippen molar-refractivity contribution < 1.29 is 14.3 Å². The summed E-state index contributed by atoms with van der Waals surface area (Å²) in [7, 11) is 0. The maximum absolute atomic E-state index is 12.9. The van der Waals surface area contributed by atoms with Gasteiger partial charge in [-0.1, -0.05) is 46.3 Å². The van der Waals surface area contributed by atoms with E-state index in [0.717, 1.165) is 27.0 Å². The summed E-state index contributed by atoms with van der Waals surface area (Å²) in [6, 6.07) is 15.6. The summed E-state index contributed by atoms with van der Waals surface area (Å²) in [5, 5.41) is 6.45. The number of nitrogens with zero attached hydrogens (tertiary/aromatic N) is 1. The van der Waals surface area contributed by atoms with E-state index in [9.17, 15) is 9.59 Å². The lowest BCUT2D eigenvalue weighted by Gasteiger charge is -2.41. The number of carbonyl (C=O) groups excluding carboxylic acids is 2. The molecule has 0 aliphatic carbocycles. The van der Waals surface area contributed by atoms with Crippen molar-refractivity contribution in [1.29, 1.82) is 0 Å². The first kappa shape index (κ1) is 20.5. The average Bonchev–Trinajstić information content (AvgIpc) is 2.95. The molecule has 4 rings (SSSR count). The van der Waals surface area contributed by atoms with Crippen molar-refractivity contribution in [2.24, 2.45) is 0 Å². The van der Waals surface area contributed by atoms with Gasteiger partial charge >= 0.3 is 6.09 Å². The minimum Gasteiger partial charge on any atom is -0.444 e. The molecule has 0 spiro atoms. The SMILES string of the molecule is CC(C)(C)OC(=O)N1CC(N/C(=C2\C(=O)Nc3ccc(Br)cc32)c2ccccc2)C1.